The van der Waals surface area contributed by atoms with E-state index >= 15 is 0 Å². The summed E-state index contributed by atoms with van der Waals surface area (Å²) in [5, 5.41) is 4.03. The number of hydrogen-bond acceptors (Lipinski definition) is 4. The molecular formula is C14H17N3O. The molecule has 1 aromatic heterocycles. The summed E-state index contributed by atoms with van der Waals surface area (Å²) in [6.45, 7) is 0. The van der Waals surface area contributed by atoms with Crippen LogP contribution in [0, 0.1) is 0 Å². The minimum atomic E-state index is -0.214. The maximum absolute atomic E-state index is 6.10. The van der Waals surface area contributed by atoms with Crippen LogP contribution in [0.3, 0.4) is 0 Å². The largest absolute Gasteiger partial charge is 0.338 e. The van der Waals surface area contributed by atoms with E-state index in [9.17, 15) is 0 Å². The van der Waals surface area contributed by atoms with Crippen LogP contribution >= 0.6 is 0 Å². The summed E-state index contributed by atoms with van der Waals surface area (Å²) >= 11 is 0. The highest BCUT2D eigenvalue weighted by molar-refractivity contribution is 5.17. The van der Waals surface area contributed by atoms with Gasteiger partial charge in [-0.2, -0.15) is 4.98 Å². The molecule has 0 spiro atoms. The zero-order valence-corrected chi connectivity index (χ0v) is 10.2. The second kappa shape index (κ2) is 4.90. The van der Waals surface area contributed by atoms with Crippen LogP contribution in [-0.4, -0.2) is 10.1 Å². The maximum Gasteiger partial charge on any atom is 0.243 e. The third-order valence-corrected chi connectivity index (χ3v) is 3.54. The maximum atomic E-state index is 6.10. The van der Waals surface area contributed by atoms with E-state index in [1.54, 1.807) is 0 Å². The van der Waals surface area contributed by atoms with Crippen LogP contribution in [0.1, 0.15) is 48.5 Å². The molecule has 4 nitrogen and oxygen atoms in total. The first-order chi connectivity index (χ1) is 8.83. The van der Waals surface area contributed by atoms with Gasteiger partial charge in [0.1, 0.15) is 0 Å². The lowest BCUT2D eigenvalue weighted by Gasteiger charge is -2.21. The zero-order valence-electron chi connectivity index (χ0n) is 10.2. The summed E-state index contributed by atoms with van der Waals surface area (Å²) in [5.74, 6) is 1.88. The fourth-order valence-corrected chi connectivity index (χ4v) is 2.19. The Hall–Kier alpha value is -1.68. The molecule has 3 rings (SSSR count). The van der Waals surface area contributed by atoms with Crippen LogP contribution in [-0.2, 0) is 6.42 Å². The van der Waals surface area contributed by atoms with E-state index in [1.165, 1.54) is 24.8 Å². The number of nitrogens with zero attached hydrogens (tertiary/aromatic N) is 2. The summed E-state index contributed by atoms with van der Waals surface area (Å²) in [6, 6.07) is 9.92. The smallest absolute Gasteiger partial charge is 0.243 e. The zero-order chi connectivity index (χ0) is 12.4. The summed E-state index contributed by atoms with van der Waals surface area (Å²) in [6.07, 6.45) is 4.34. The third-order valence-electron chi connectivity index (χ3n) is 3.54. The molecule has 18 heavy (non-hydrogen) atoms. The Morgan fingerprint density at radius 1 is 1.28 bits per heavy atom. The number of nitrogens with two attached hydrogens (primary N) is 1. The van der Waals surface area contributed by atoms with Crippen LogP contribution in [0.5, 0.6) is 0 Å². The van der Waals surface area contributed by atoms with E-state index in [-0.39, 0.29) is 6.04 Å². The molecule has 1 atom stereocenters. The molecule has 0 saturated heterocycles. The van der Waals surface area contributed by atoms with Gasteiger partial charge in [0.05, 0.1) is 6.04 Å². The second-order valence-electron chi connectivity index (χ2n) is 4.91. The molecule has 1 unspecified atom stereocenters. The van der Waals surface area contributed by atoms with Crippen molar-refractivity contribution in [1.29, 1.82) is 0 Å². The molecule has 1 heterocycles. The number of aromatic nitrogens is 2. The summed E-state index contributed by atoms with van der Waals surface area (Å²) < 4.78 is 5.27. The van der Waals surface area contributed by atoms with Crippen LogP contribution in [0.15, 0.2) is 34.9 Å². The molecule has 4 heteroatoms. The van der Waals surface area contributed by atoms with Gasteiger partial charge in [-0.05, 0) is 24.8 Å². The van der Waals surface area contributed by atoms with Gasteiger partial charge in [-0.15, -0.1) is 0 Å². The van der Waals surface area contributed by atoms with Crippen LogP contribution in [0.4, 0.5) is 0 Å². The molecule has 1 saturated carbocycles. The molecule has 2 N–H and O–H groups in total. The molecule has 0 amide bonds. The molecule has 0 aliphatic heterocycles. The van der Waals surface area contributed by atoms with E-state index in [2.05, 4.69) is 22.3 Å². The number of benzene rings is 1. The van der Waals surface area contributed by atoms with Gasteiger partial charge in [0, 0.05) is 5.92 Å². The summed E-state index contributed by atoms with van der Waals surface area (Å²) in [7, 11) is 0. The quantitative estimate of drug-likeness (QED) is 0.896. The van der Waals surface area contributed by atoms with Crippen molar-refractivity contribution in [3.63, 3.8) is 0 Å². The Balaban J connectivity index is 1.68. The molecule has 2 aromatic rings. The highest BCUT2D eigenvalue weighted by Gasteiger charge is 2.25. The SMILES string of the molecule is NC(Cc1ccccc1)c1nc(C2CCC2)no1. The molecule has 0 bridgehead atoms. The topological polar surface area (TPSA) is 64.9 Å². The van der Waals surface area contributed by atoms with Crippen LogP contribution < -0.4 is 5.73 Å². The fraction of sp³-hybridized carbons (Fsp3) is 0.429. The van der Waals surface area contributed by atoms with Gasteiger partial charge in [0.2, 0.25) is 5.89 Å². The van der Waals surface area contributed by atoms with Gasteiger partial charge in [-0.25, -0.2) is 0 Å². The first-order valence-corrected chi connectivity index (χ1v) is 6.46. The van der Waals surface area contributed by atoms with Gasteiger partial charge in [-0.3, -0.25) is 0 Å². The third kappa shape index (κ3) is 2.29. The summed E-state index contributed by atoms with van der Waals surface area (Å²) in [5.41, 5.74) is 7.29. The van der Waals surface area contributed by atoms with Crippen molar-refractivity contribution in [2.75, 3.05) is 0 Å². The fourth-order valence-electron chi connectivity index (χ4n) is 2.19. The standard InChI is InChI=1S/C14H17N3O/c15-12(9-10-5-2-1-3-6-10)14-16-13(17-18-14)11-7-4-8-11/h1-3,5-6,11-12H,4,7-9,15H2. The Morgan fingerprint density at radius 2 is 2.06 bits per heavy atom. The van der Waals surface area contributed by atoms with E-state index < -0.39 is 0 Å². The molecular weight excluding hydrogens is 226 g/mol. The molecule has 94 valence electrons. The number of rotatable bonds is 4. The normalized spacial score (nSPS) is 17.4. The van der Waals surface area contributed by atoms with Crippen molar-refractivity contribution in [1.82, 2.24) is 10.1 Å². The van der Waals surface area contributed by atoms with E-state index in [0.717, 1.165) is 12.2 Å². The summed E-state index contributed by atoms with van der Waals surface area (Å²) in [4.78, 5) is 4.43. The monoisotopic (exact) mass is 243 g/mol. The Labute approximate surface area is 106 Å². The van der Waals surface area contributed by atoms with Gasteiger partial charge in [0.15, 0.2) is 5.82 Å². The highest BCUT2D eigenvalue weighted by Crippen LogP contribution is 2.34. The highest BCUT2D eigenvalue weighted by atomic mass is 16.5. The van der Waals surface area contributed by atoms with E-state index in [4.69, 9.17) is 10.3 Å². The predicted octanol–water partition coefficient (Wildman–Crippen LogP) is 2.58. The first kappa shape index (κ1) is 11.4. The molecule has 1 aliphatic carbocycles. The molecule has 0 radical (unpaired) electrons. The minimum absolute atomic E-state index is 0.214. The molecule has 1 aliphatic rings. The lowest BCUT2D eigenvalue weighted by atomic mass is 9.85. The van der Waals surface area contributed by atoms with E-state index in [0.29, 0.717) is 11.8 Å². The molecule has 1 aromatic carbocycles. The van der Waals surface area contributed by atoms with Gasteiger partial charge < -0.3 is 10.3 Å². The predicted molar refractivity (Wildman–Crippen MR) is 68.0 cm³/mol. The Morgan fingerprint density at radius 3 is 2.72 bits per heavy atom. The van der Waals surface area contributed by atoms with Gasteiger partial charge in [-0.1, -0.05) is 41.9 Å². The Kier molecular flexibility index (Phi) is 3.11. The Bertz CT molecular complexity index is 505. The minimum Gasteiger partial charge on any atom is -0.338 e. The van der Waals surface area contributed by atoms with Crippen LogP contribution in [0.2, 0.25) is 0 Å². The second-order valence-corrected chi connectivity index (χ2v) is 4.91. The van der Waals surface area contributed by atoms with Crippen molar-refractivity contribution in [3.8, 4) is 0 Å². The lowest BCUT2D eigenvalue weighted by Crippen LogP contribution is -2.15. The molecule has 1 fully saturated rings. The van der Waals surface area contributed by atoms with Gasteiger partial charge >= 0.3 is 0 Å². The average molecular weight is 243 g/mol. The van der Waals surface area contributed by atoms with Crippen molar-refractivity contribution in [2.24, 2.45) is 5.73 Å². The van der Waals surface area contributed by atoms with Crippen molar-refractivity contribution in [2.45, 2.75) is 37.6 Å². The van der Waals surface area contributed by atoms with Crippen LogP contribution in [0.25, 0.3) is 0 Å². The lowest BCUT2D eigenvalue weighted by molar-refractivity contribution is 0.334. The average Bonchev–Trinajstić information content (AvgIpc) is 2.77. The van der Waals surface area contributed by atoms with Gasteiger partial charge in [0.25, 0.3) is 0 Å². The van der Waals surface area contributed by atoms with Crippen molar-refractivity contribution < 1.29 is 4.52 Å². The van der Waals surface area contributed by atoms with Crippen molar-refractivity contribution in [3.05, 3.63) is 47.6 Å². The van der Waals surface area contributed by atoms with E-state index in [1.807, 2.05) is 18.2 Å². The first-order valence-electron chi connectivity index (χ1n) is 6.46. The number of hydrogen-bond donors (Lipinski definition) is 1. The van der Waals surface area contributed by atoms with Crippen molar-refractivity contribution >= 4 is 0 Å².